The number of aromatic nitrogens is 1. The number of carbonyl (C=O) groups excluding carboxylic acids is 3. The van der Waals surface area contributed by atoms with Crippen LogP contribution in [0.1, 0.15) is 21.5 Å². The molecule has 0 saturated carbocycles. The maximum atomic E-state index is 12.0. The normalized spacial score (nSPS) is 10.1. The minimum atomic E-state index is -0.697. The predicted octanol–water partition coefficient (Wildman–Crippen LogP) is 1.17. The molecule has 1 aromatic carbocycles. The molecule has 0 aliphatic carbocycles. The standard InChI is InChI=1S/C18H20N4O4/c1-11-4-6-14(12(2)8-11)20-18(26)21-15(23)10-22-9-13(17(25)19-3)5-7-16(22)24/h4-9H,10H2,1-3H3,(H,19,25)(H2,20,21,23,26). The summed E-state index contributed by atoms with van der Waals surface area (Å²) in [6.45, 7) is 3.39. The van der Waals surface area contributed by atoms with Gasteiger partial charge in [0.1, 0.15) is 6.54 Å². The summed E-state index contributed by atoms with van der Waals surface area (Å²) in [5, 5.41) is 7.18. The third-order valence-corrected chi connectivity index (χ3v) is 3.67. The molecular formula is C18H20N4O4. The second-order valence-corrected chi connectivity index (χ2v) is 5.78. The summed E-state index contributed by atoms with van der Waals surface area (Å²) in [6.07, 6.45) is 1.27. The van der Waals surface area contributed by atoms with E-state index in [-0.39, 0.29) is 18.0 Å². The number of amides is 4. The first-order valence-corrected chi connectivity index (χ1v) is 7.91. The molecule has 26 heavy (non-hydrogen) atoms. The molecule has 0 aliphatic rings. The number of nitrogens with one attached hydrogen (secondary N) is 3. The topological polar surface area (TPSA) is 109 Å². The second-order valence-electron chi connectivity index (χ2n) is 5.78. The van der Waals surface area contributed by atoms with Gasteiger partial charge in [-0.05, 0) is 31.5 Å². The molecule has 8 nitrogen and oxygen atoms in total. The van der Waals surface area contributed by atoms with E-state index in [9.17, 15) is 19.2 Å². The Morgan fingerprint density at radius 1 is 1.08 bits per heavy atom. The molecule has 0 bridgehead atoms. The third-order valence-electron chi connectivity index (χ3n) is 3.67. The van der Waals surface area contributed by atoms with Crippen molar-refractivity contribution in [2.24, 2.45) is 0 Å². The zero-order chi connectivity index (χ0) is 19.3. The molecule has 0 atom stereocenters. The van der Waals surface area contributed by atoms with E-state index in [0.717, 1.165) is 15.7 Å². The van der Waals surface area contributed by atoms with Gasteiger partial charge in [-0.3, -0.25) is 19.7 Å². The first kappa shape index (κ1) is 18.9. The van der Waals surface area contributed by atoms with Crippen LogP contribution in [-0.2, 0) is 11.3 Å². The van der Waals surface area contributed by atoms with Crippen LogP contribution in [0.25, 0.3) is 0 Å². The summed E-state index contributed by atoms with van der Waals surface area (Å²) >= 11 is 0. The summed E-state index contributed by atoms with van der Waals surface area (Å²) in [5.41, 5.74) is 2.28. The van der Waals surface area contributed by atoms with Crippen molar-refractivity contribution in [1.29, 1.82) is 0 Å². The maximum absolute atomic E-state index is 12.0. The molecule has 1 heterocycles. The molecule has 8 heteroatoms. The van der Waals surface area contributed by atoms with Crippen molar-refractivity contribution in [3.63, 3.8) is 0 Å². The highest BCUT2D eigenvalue weighted by Crippen LogP contribution is 2.15. The molecule has 0 fully saturated rings. The Morgan fingerprint density at radius 2 is 1.81 bits per heavy atom. The quantitative estimate of drug-likeness (QED) is 0.764. The number of anilines is 1. The lowest BCUT2D eigenvalue weighted by Crippen LogP contribution is -2.38. The van der Waals surface area contributed by atoms with Gasteiger partial charge >= 0.3 is 6.03 Å². The Hall–Kier alpha value is -3.42. The van der Waals surface area contributed by atoms with Crippen LogP contribution < -0.4 is 21.5 Å². The number of carbonyl (C=O) groups is 3. The Bertz CT molecular complexity index is 918. The van der Waals surface area contributed by atoms with Crippen molar-refractivity contribution in [3.8, 4) is 0 Å². The van der Waals surface area contributed by atoms with Crippen LogP contribution in [0.2, 0.25) is 0 Å². The van der Waals surface area contributed by atoms with Gasteiger partial charge in [0, 0.05) is 25.0 Å². The summed E-state index contributed by atoms with van der Waals surface area (Å²) in [5.74, 6) is -1.06. The summed E-state index contributed by atoms with van der Waals surface area (Å²) in [6, 6.07) is 7.34. The molecule has 0 aliphatic heterocycles. The number of hydrogen-bond acceptors (Lipinski definition) is 4. The smallest absolute Gasteiger partial charge is 0.325 e. The lowest BCUT2D eigenvalue weighted by molar-refractivity contribution is -0.120. The minimum absolute atomic E-state index is 0.236. The lowest BCUT2D eigenvalue weighted by atomic mass is 10.1. The van der Waals surface area contributed by atoms with Gasteiger partial charge in [-0.2, -0.15) is 0 Å². The minimum Gasteiger partial charge on any atom is -0.355 e. The highest BCUT2D eigenvalue weighted by molar-refractivity contribution is 6.01. The van der Waals surface area contributed by atoms with Gasteiger partial charge in [-0.15, -0.1) is 0 Å². The summed E-state index contributed by atoms with van der Waals surface area (Å²) < 4.78 is 1.06. The molecule has 0 unspecified atom stereocenters. The highest BCUT2D eigenvalue weighted by atomic mass is 16.2. The molecule has 136 valence electrons. The lowest BCUT2D eigenvalue weighted by Gasteiger charge is -2.11. The fourth-order valence-corrected chi connectivity index (χ4v) is 2.36. The number of nitrogens with zero attached hydrogens (tertiary/aromatic N) is 1. The SMILES string of the molecule is CNC(=O)c1ccc(=O)n(CC(=O)NC(=O)Nc2ccc(C)cc2C)c1. The number of urea groups is 1. The number of hydrogen-bond donors (Lipinski definition) is 3. The van der Waals surface area contributed by atoms with E-state index in [4.69, 9.17) is 0 Å². The molecule has 2 aromatic rings. The van der Waals surface area contributed by atoms with E-state index in [2.05, 4.69) is 16.0 Å². The second kappa shape index (κ2) is 8.11. The maximum Gasteiger partial charge on any atom is 0.325 e. The van der Waals surface area contributed by atoms with Crippen LogP contribution in [-0.4, -0.2) is 29.5 Å². The van der Waals surface area contributed by atoms with Crippen LogP contribution >= 0.6 is 0 Å². The first-order chi connectivity index (χ1) is 12.3. The molecular weight excluding hydrogens is 336 g/mol. The Labute approximate surface area is 150 Å². The van der Waals surface area contributed by atoms with E-state index in [1.807, 2.05) is 26.0 Å². The van der Waals surface area contributed by atoms with Gasteiger partial charge in [0.25, 0.3) is 11.5 Å². The fraction of sp³-hybridized carbons (Fsp3) is 0.222. The van der Waals surface area contributed by atoms with Crippen LogP contribution in [0.5, 0.6) is 0 Å². The Balaban J connectivity index is 2.03. The highest BCUT2D eigenvalue weighted by Gasteiger charge is 2.12. The molecule has 0 spiro atoms. The van der Waals surface area contributed by atoms with E-state index < -0.39 is 17.5 Å². The number of benzene rings is 1. The number of imide groups is 1. The largest absolute Gasteiger partial charge is 0.355 e. The fourth-order valence-electron chi connectivity index (χ4n) is 2.36. The zero-order valence-corrected chi connectivity index (χ0v) is 14.8. The average molecular weight is 356 g/mol. The van der Waals surface area contributed by atoms with Crippen molar-refractivity contribution >= 4 is 23.5 Å². The Kier molecular flexibility index (Phi) is 5.90. The predicted molar refractivity (Wildman–Crippen MR) is 97.2 cm³/mol. The van der Waals surface area contributed by atoms with Gasteiger partial charge in [0.2, 0.25) is 5.91 Å². The van der Waals surface area contributed by atoms with E-state index in [0.29, 0.717) is 5.69 Å². The third kappa shape index (κ3) is 4.79. The van der Waals surface area contributed by atoms with Crippen molar-refractivity contribution in [2.75, 3.05) is 12.4 Å². The molecule has 4 amide bonds. The molecule has 2 rings (SSSR count). The monoisotopic (exact) mass is 356 g/mol. The number of pyridine rings is 1. The van der Waals surface area contributed by atoms with Crippen molar-refractivity contribution < 1.29 is 14.4 Å². The number of rotatable bonds is 4. The molecule has 0 saturated heterocycles. The average Bonchev–Trinajstić information content (AvgIpc) is 2.58. The van der Waals surface area contributed by atoms with Crippen LogP contribution in [0.4, 0.5) is 10.5 Å². The Morgan fingerprint density at radius 3 is 2.46 bits per heavy atom. The molecule has 1 aromatic heterocycles. The zero-order valence-electron chi connectivity index (χ0n) is 14.8. The summed E-state index contributed by atoms with van der Waals surface area (Å²) in [7, 11) is 1.46. The van der Waals surface area contributed by atoms with Gasteiger partial charge in [0.05, 0.1) is 5.56 Å². The van der Waals surface area contributed by atoms with Crippen LogP contribution in [0.3, 0.4) is 0 Å². The van der Waals surface area contributed by atoms with E-state index in [1.54, 1.807) is 6.07 Å². The van der Waals surface area contributed by atoms with E-state index >= 15 is 0 Å². The van der Waals surface area contributed by atoms with Gasteiger partial charge in [-0.25, -0.2) is 4.79 Å². The van der Waals surface area contributed by atoms with E-state index in [1.165, 1.54) is 25.4 Å². The van der Waals surface area contributed by atoms with Crippen LogP contribution in [0.15, 0.2) is 41.3 Å². The van der Waals surface area contributed by atoms with Gasteiger partial charge < -0.3 is 15.2 Å². The summed E-state index contributed by atoms with van der Waals surface area (Å²) in [4.78, 5) is 47.4. The number of aryl methyl sites for hydroxylation is 2. The van der Waals surface area contributed by atoms with Gasteiger partial charge in [0.15, 0.2) is 0 Å². The molecule has 0 radical (unpaired) electrons. The van der Waals surface area contributed by atoms with Crippen molar-refractivity contribution in [3.05, 3.63) is 63.6 Å². The van der Waals surface area contributed by atoms with Gasteiger partial charge in [-0.1, -0.05) is 17.7 Å². The molecule has 3 N–H and O–H groups in total. The van der Waals surface area contributed by atoms with Crippen LogP contribution in [0, 0.1) is 13.8 Å². The first-order valence-electron chi connectivity index (χ1n) is 7.91. The van der Waals surface area contributed by atoms with Crippen molar-refractivity contribution in [2.45, 2.75) is 20.4 Å². The van der Waals surface area contributed by atoms with Crippen molar-refractivity contribution in [1.82, 2.24) is 15.2 Å².